The van der Waals surface area contributed by atoms with Gasteiger partial charge in [-0.2, -0.15) is 0 Å². The largest absolute Gasteiger partial charge is 0.276 e. The summed E-state index contributed by atoms with van der Waals surface area (Å²) >= 11 is 0. The van der Waals surface area contributed by atoms with E-state index in [1.807, 2.05) is 0 Å². The minimum absolute atomic E-state index is 0.133. The maximum absolute atomic E-state index is 12.5. The summed E-state index contributed by atoms with van der Waals surface area (Å²) in [6, 6.07) is 3.24. The summed E-state index contributed by atoms with van der Waals surface area (Å²) in [5, 5.41) is 10.3. The van der Waals surface area contributed by atoms with Crippen molar-refractivity contribution in [2.24, 2.45) is 0 Å². The van der Waals surface area contributed by atoms with E-state index in [0.717, 1.165) is 18.2 Å². The average Bonchev–Trinajstić information content (AvgIpc) is 2.03. The quantitative estimate of drug-likeness (QED) is 0.501. The van der Waals surface area contributed by atoms with Crippen molar-refractivity contribution in [1.29, 1.82) is 0 Å². The van der Waals surface area contributed by atoms with Gasteiger partial charge in [0.15, 0.2) is 0 Å². The van der Waals surface area contributed by atoms with Crippen LogP contribution in [0, 0.1) is 15.9 Å². The van der Waals surface area contributed by atoms with Gasteiger partial charge in [-0.05, 0) is 12.1 Å². The second-order valence-corrected chi connectivity index (χ2v) is 2.16. The number of rotatable bonds is 2. The summed E-state index contributed by atoms with van der Waals surface area (Å²) in [6.45, 7) is 3.34. The first-order valence-corrected chi connectivity index (χ1v) is 3.21. The molecule has 1 rings (SSSR count). The number of hydrogen-bond donors (Lipinski definition) is 0. The van der Waals surface area contributed by atoms with Crippen molar-refractivity contribution in [3.63, 3.8) is 0 Å². The first-order chi connectivity index (χ1) is 5.65. The van der Waals surface area contributed by atoms with E-state index < -0.39 is 10.7 Å². The summed E-state index contributed by atoms with van der Waals surface area (Å²) < 4.78 is 12.5. The van der Waals surface area contributed by atoms with Crippen molar-refractivity contribution in [1.82, 2.24) is 0 Å². The molecule has 62 valence electrons. The lowest BCUT2D eigenvalue weighted by molar-refractivity contribution is -0.385. The lowest BCUT2D eigenvalue weighted by Gasteiger charge is -1.95. The summed E-state index contributed by atoms with van der Waals surface area (Å²) in [5.74, 6) is -0.504. The smallest absolute Gasteiger partial charge is 0.258 e. The van der Waals surface area contributed by atoms with Crippen molar-refractivity contribution in [3.8, 4) is 0 Å². The van der Waals surface area contributed by atoms with Gasteiger partial charge in [-0.15, -0.1) is 0 Å². The summed E-state index contributed by atoms with van der Waals surface area (Å²) in [5.41, 5.74) is 0.0615. The topological polar surface area (TPSA) is 43.1 Å². The molecule has 0 fully saturated rings. The SMILES string of the molecule is C=Cc1cc(F)ccc1[N+](=O)[O-]. The van der Waals surface area contributed by atoms with Gasteiger partial charge >= 0.3 is 0 Å². The van der Waals surface area contributed by atoms with Gasteiger partial charge in [-0.1, -0.05) is 12.7 Å². The van der Waals surface area contributed by atoms with Crippen molar-refractivity contribution in [2.75, 3.05) is 0 Å². The molecule has 4 heteroatoms. The van der Waals surface area contributed by atoms with Crippen LogP contribution in [0.3, 0.4) is 0 Å². The van der Waals surface area contributed by atoms with Gasteiger partial charge in [-0.3, -0.25) is 10.1 Å². The Hall–Kier alpha value is -1.71. The number of nitrogens with zero attached hydrogens (tertiary/aromatic N) is 1. The van der Waals surface area contributed by atoms with Crippen LogP contribution in [0.5, 0.6) is 0 Å². The van der Waals surface area contributed by atoms with Crippen molar-refractivity contribution >= 4 is 11.8 Å². The molecule has 0 aliphatic carbocycles. The number of benzene rings is 1. The molecule has 0 N–H and O–H groups in total. The fourth-order valence-corrected chi connectivity index (χ4v) is 0.855. The second-order valence-electron chi connectivity index (χ2n) is 2.16. The summed E-state index contributed by atoms with van der Waals surface area (Å²) in [7, 11) is 0. The normalized spacial score (nSPS) is 9.42. The lowest BCUT2D eigenvalue weighted by Crippen LogP contribution is -1.91. The highest BCUT2D eigenvalue weighted by atomic mass is 19.1. The van der Waals surface area contributed by atoms with Gasteiger partial charge in [0, 0.05) is 6.07 Å². The Kier molecular flexibility index (Phi) is 2.19. The summed E-state index contributed by atoms with van der Waals surface area (Å²) in [4.78, 5) is 9.75. The van der Waals surface area contributed by atoms with Gasteiger partial charge in [0.05, 0.1) is 10.5 Å². The predicted molar refractivity (Wildman–Crippen MR) is 43.1 cm³/mol. The van der Waals surface area contributed by atoms with Gasteiger partial charge in [-0.25, -0.2) is 4.39 Å². The van der Waals surface area contributed by atoms with Crippen LogP contribution in [-0.2, 0) is 0 Å². The Bertz CT molecular complexity index is 336. The minimum Gasteiger partial charge on any atom is -0.258 e. The van der Waals surface area contributed by atoms with Crippen molar-refractivity contribution in [3.05, 3.63) is 46.3 Å². The molecule has 0 saturated heterocycles. The predicted octanol–water partition coefficient (Wildman–Crippen LogP) is 2.38. The van der Waals surface area contributed by atoms with Gasteiger partial charge in [0.2, 0.25) is 0 Å². The van der Waals surface area contributed by atoms with Crippen LogP contribution in [0.4, 0.5) is 10.1 Å². The Morgan fingerprint density at radius 3 is 2.75 bits per heavy atom. The molecule has 12 heavy (non-hydrogen) atoms. The zero-order chi connectivity index (χ0) is 9.14. The highest BCUT2D eigenvalue weighted by Crippen LogP contribution is 2.19. The number of halogens is 1. The molecule has 1 aromatic carbocycles. The van der Waals surface area contributed by atoms with E-state index in [-0.39, 0.29) is 11.3 Å². The molecule has 0 unspecified atom stereocenters. The molecule has 0 heterocycles. The number of hydrogen-bond acceptors (Lipinski definition) is 2. The van der Waals surface area contributed by atoms with E-state index in [4.69, 9.17) is 0 Å². The second kappa shape index (κ2) is 3.13. The van der Waals surface area contributed by atoms with Crippen LogP contribution in [0.1, 0.15) is 5.56 Å². The third-order valence-electron chi connectivity index (χ3n) is 1.41. The zero-order valence-electron chi connectivity index (χ0n) is 6.16. The van der Waals surface area contributed by atoms with Crippen molar-refractivity contribution in [2.45, 2.75) is 0 Å². The van der Waals surface area contributed by atoms with E-state index >= 15 is 0 Å². The van der Waals surface area contributed by atoms with Gasteiger partial charge in [0.25, 0.3) is 5.69 Å². The van der Waals surface area contributed by atoms with E-state index in [1.54, 1.807) is 0 Å². The van der Waals surface area contributed by atoms with E-state index in [2.05, 4.69) is 6.58 Å². The Balaban J connectivity index is 3.29. The molecule has 0 aromatic heterocycles. The molecule has 0 aliphatic rings. The molecule has 0 radical (unpaired) electrons. The fourth-order valence-electron chi connectivity index (χ4n) is 0.855. The Morgan fingerprint density at radius 1 is 1.58 bits per heavy atom. The van der Waals surface area contributed by atoms with Crippen molar-refractivity contribution < 1.29 is 9.31 Å². The monoisotopic (exact) mass is 167 g/mol. The van der Waals surface area contributed by atoms with Crippen LogP contribution in [0.15, 0.2) is 24.8 Å². The average molecular weight is 167 g/mol. The third-order valence-corrected chi connectivity index (χ3v) is 1.41. The van der Waals surface area contributed by atoms with Crippen LogP contribution >= 0.6 is 0 Å². The minimum atomic E-state index is -0.573. The standard InChI is InChI=1S/C8H6FNO2/c1-2-6-5-7(9)3-4-8(6)10(11)12/h2-5H,1H2. The highest BCUT2D eigenvalue weighted by Gasteiger charge is 2.10. The fraction of sp³-hybridized carbons (Fsp3) is 0. The van der Waals surface area contributed by atoms with Crippen LogP contribution < -0.4 is 0 Å². The number of nitro groups is 1. The molecular weight excluding hydrogens is 161 g/mol. The van der Waals surface area contributed by atoms with E-state index in [1.165, 1.54) is 6.08 Å². The molecule has 0 amide bonds. The lowest BCUT2D eigenvalue weighted by atomic mass is 10.2. The molecule has 1 aromatic rings. The molecule has 0 spiro atoms. The van der Waals surface area contributed by atoms with Crippen LogP contribution in [-0.4, -0.2) is 4.92 Å². The molecule has 0 aliphatic heterocycles. The maximum atomic E-state index is 12.5. The van der Waals surface area contributed by atoms with Gasteiger partial charge < -0.3 is 0 Å². The Morgan fingerprint density at radius 2 is 2.25 bits per heavy atom. The molecular formula is C8H6FNO2. The maximum Gasteiger partial charge on any atom is 0.276 e. The Labute approximate surface area is 68.3 Å². The van der Waals surface area contributed by atoms with Crippen LogP contribution in [0.25, 0.3) is 6.08 Å². The van der Waals surface area contributed by atoms with E-state index in [9.17, 15) is 14.5 Å². The van der Waals surface area contributed by atoms with Gasteiger partial charge in [0.1, 0.15) is 5.82 Å². The van der Waals surface area contributed by atoms with Crippen LogP contribution in [0.2, 0.25) is 0 Å². The first-order valence-electron chi connectivity index (χ1n) is 3.21. The molecule has 3 nitrogen and oxygen atoms in total. The van der Waals surface area contributed by atoms with E-state index in [0.29, 0.717) is 0 Å². The summed E-state index contributed by atoms with van der Waals surface area (Å²) in [6.07, 6.45) is 1.25. The zero-order valence-corrected chi connectivity index (χ0v) is 6.16. The highest BCUT2D eigenvalue weighted by molar-refractivity contribution is 5.59. The molecule has 0 atom stereocenters. The first kappa shape index (κ1) is 8.39. The molecule has 0 bridgehead atoms. The number of nitro benzene ring substituents is 1. The third kappa shape index (κ3) is 1.47. The molecule has 0 saturated carbocycles.